The van der Waals surface area contributed by atoms with E-state index in [4.69, 9.17) is 17.2 Å². The lowest BCUT2D eigenvalue weighted by molar-refractivity contribution is 1.02. The maximum atomic E-state index is 5.41. The zero-order chi connectivity index (χ0) is 10.6. The number of hydrogen-bond acceptors (Lipinski definition) is 3. The summed E-state index contributed by atoms with van der Waals surface area (Å²) in [6.07, 6.45) is 1.78. The number of nitrogens with two attached hydrogens (primary N) is 3. The average molecular weight is 212 g/mol. The van der Waals surface area contributed by atoms with E-state index in [0.29, 0.717) is 6.54 Å². The zero-order valence-electron chi connectivity index (χ0n) is 7.77. The van der Waals surface area contributed by atoms with Crippen LogP contribution in [0.2, 0.25) is 0 Å². The fourth-order valence-electron chi connectivity index (χ4n) is 0.791. The van der Waals surface area contributed by atoms with Crippen LogP contribution < -0.4 is 17.2 Å². The lowest BCUT2D eigenvalue weighted by Gasteiger charge is -1.92. The van der Waals surface area contributed by atoms with Gasteiger partial charge >= 0.3 is 0 Å². The van der Waals surface area contributed by atoms with E-state index in [1.165, 1.54) is 0 Å². The number of rotatable bonds is 2. The minimum absolute atomic E-state index is 0.0675. The first kappa shape index (κ1) is 10.5. The van der Waals surface area contributed by atoms with E-state index in [1.54, 1.807) is 17.5 Å². The molecular formula is C7H12N6S. The van der Waals surface area contributed by atoms with Crippen LogP contribution in [0.25, 0.3) is 0 Å². The first-order valence-corrected chi connectivity index (χ1v) is 4.70. The molecular weight excluding hydrogens is 200 g/mol. The Hall–Kier alpha value is -1.63. The van der Waals surface area contributed by atoms with E-state index < -0.39 is 0 Å². The molecule has 0 saturated heterocycles. The van der Waals surface area contributed by atoms with Crippen LogP contribution in [0.15, 0.2) is 16.2 Å². The van der Waals surface area contributed by atoms with Gasteiger partial charge in [-0.1, -0.05) is 0 Å². The molecule has 0 unspecified atom stereocenters. The molecule has 0 radical (unpaired) electrons. The quantitative estimate of drug-likeness (QED) is 0.454. The van der Waals surface area contributed by atoms with Crippen LogP contribution in [-0.2, 0) is 6.54 Å². The normalized spacial score (nSPS) is 11.4. The van der Waals surface area contributed by atoms with Gasteiger partial charge in [0.15, 0.2) is 5.96 Å². The molecule has 1 rings (SSSR count). The number of nitrogens with zero attached hydrogens (tertiary/aromatic N) is 3. The Bertz CT molecular complexity index is 362. The molecule has 0 aromatic carbocycles. The molecule has 6 N–H and O–H groups in total. The summed E-state index contributed by atoms with van der Waals surface area (Å²) in [5.74, 6) is -0.0283. The van der Waals surface area contributed by atoms with Crippen LogP contribution in [-0.4, -0.2) is 16.9 Å². The van der Waals surface area contributed by atoms with Gasteiger partial charge in [-0.25, -0.2) is 9.98 Å². The maximum absolute atomic E-state index is 5.41. The van der Waals surface area contributed by atoms with Crippen molar-refractivity contribution < 1.29 is 0 Å². The molecule has 1 heterocycles. The summed E-state index contributed by atoms with van der Waals surface area (Å²) in [4.78, 5) is 12.8. The van der Waals surface area contributed by atoms with E-state index in [1.807, 2.05) is 6.92 Å². The molecule has 0 atom stereocenters. The predicted molar refractivity (Wildman–Crippen MR) is 58.0 cm³/mol. The molecule has 1 aromatic heterocycles. The Morgan fingerprint density at radius 3 is 2.71 bits per heavy atom. The Morgan fingerprint density at radius 1 is 1.50 bits per heavy atom. The van der Waals surface area contributed by atoms with Crippen molar-refractivity contribution in [1.29, 1.82) is 0 Å². The Labute approximate surface area is 85.6 Å². The molecule has 1 aromatic rings. The summed E-state index contributed by atoms with van der Waals surface area (Å²) in [6, 6.07) is 0. The summed E-state index contributed by atoms with van der Waals surface area (Å²) in [7, 11) is 0. The molecule has 7 heteroatoms. The topological polar surface area (TPSA) is 116 Å². The second-order valence-corrected chi connectivity index (χ2v) is 3.90. The average Bonchev–Trinajstić information content (AvgIpc) is 2.47. The van der Waals surface area contributed by atoms with Gasteiger partial charge in [0, 0.05) is 11.1 Å². The number of hydrogen-bond donors (Lipinski definition) is 3. The largest absolute Gasteiger partial charge is 0.370 e. The molecule has 14 heavy (non-hydrogen) atoms. The third-order valence-corrected chi connectivity index (χ3v) is 2.19. The van der Waals surface area contributed by atoms with Crippen LogP contribution in [0.5, 0.6) is 0 Å². The highest BCUT2D eigenvalue weighted by atomic mass is 32.1. The fraction of sp³-hybridized carbons (Fsp3) is 0.286. The highest BCUT2D eigenvalue weighted by Crippen LogP contribution is 2.11. The molecule has 0 aliphatic carbocycles. The standard InChI is InChI=1S/C7H12N6S/c1-4-2-11-5(14-4)3-12-7(10)13-6(8)9/h2H,3H2,1H3,(H6,8,9,10,12,13). The lowest BCUT2D eigenvalue weighted by atomic mass is 10.6. The number of aliphatic imine (C=N–C) groups is 2. The molecule has 0 amide bonds. The third kappa shape index (κ3) is 3.40. The van der Waals surface area contributed by atoms with Crippen molar-refractivity contribution in [1.82, 2.24) is 4.98 Å². The molecule has 76 valence electrons. The summed E-state index contributed by atoms with van der Waals surface area (Å²) in [6.45, 7) is 2.38. The smallest absolute Gasteiger partial charge is 0.218 e. The predicted octanol–water partition coefficient (Wildman–Crippen LogP) is -0.460. The van der Waals surface area contributed by atoms with Crippen LogP contribution in [0.1, 0.15) is 9.88 Å². The number of thiazole rings is 1. The Morgan fingerprint density at radius 2 is 2.21 bits per heavy atom. The zero-order valence-corrected chi connectivity index (χ0v) is 8.58. The van der Waals surface area contributed by atoms with Crippen molar-refractivity contribution >= 4 is 23.3 Å². The van der Waals surface area contributed by atoms with Gasteiger partial charge in [-0.3, -0.25) is 0 Å². The number of guanidine groups is 2. The minimum Gasteiger partial charge on any atom is -0.370 e. The van der Waals surface area contributed by atoms with Gasteiger partial charge < -0.3 is 17.2 Å². The van der Waals surface area contributed by atoms with Gasteiger partial charge in [0.05, 0.1) is 6.54 Å². The summed E-state index contributed by atoms with van der Waals surface area (Å²) in [5.41, 5.74) is 15.6. The second kappa shape index (κ2) is 4.56. The van der Waals surface area contributed by atoms with Crippen LogP contribution in [0.3, 0.4) is 0 Å². The van der Waals surface area contributed by atoms with E-state index >= 15 is 0 Å². The summed E-state index contributed by atoms with van der Waals surface area (Å²) >= 11 is 1.56. The highest BCUT2D eigenvalue weighted by molar-refractivity contribution is 7.11. The van der Waals surface area contributed by atoms with Gasteiger partial charge in [0.25, 0.3) is 0 Å². The highest BCUT2D eigenvalue weighted by Gasteiger charge is 1.97. The van der Waals surface area contributed by atoms with Gasteiger partial charge in [-0.15, -0.1) is 11.3 Å². The summed E-state index contributed by atoms with van der Waals surface area (Å²) < 4.78 is 0. The SMILES string of the molecule is Cc1cnc(CN=C(N)N=C(N)N)s1. The molecule has 0 saturated carbocycles. The maximum Gasteiger partial charge on any atom is 0.218 e. The van der Waals surface area contributed by atoms with Crippen LogP contribution in [0, 0.1) is 6.92 Å². The van der Waals surface area contributed by atoms with Crippen molar-refractivity contribution in [2.75, 3.05) is 0 Å². The molecule has 0 aliphatic rings. The fourth-order valence-corrected chi connectivity index (χ4v) is 1.50. The van der Waals surface area contributed by atoms with Gasteiger partial charge in [0.1, 0.15) is 5.01 Å². The van der Waals surface area contributed by atoms with Crippen molar-refractivity contribution in [3.8, 4) is 0 Å². The second-order valence-electron chi connectivity index (χ2n) is 2.58. The first-order chi connectivity index (χ1) is 6.58. The number of aryl methyl sites for hydroxylation is 1. The van der Waals surface area contributed by atoms with Crippen molar-refractivity contribution in [2.24, 2.45) is 27.2 Å². The van der Waals surface area contributed by atoms with Crippen LogP contribution >= 0.6 is 11.3 Å². The number of aromatic nitrogens is 1. The van der Waals surface area contributed by atoms with E-state index in [9.17, 15) is 0 Å². The summed E-state index contributed by atoms with van der Waals surface area (Å²) in [5, 5.41) is 0.885. The van der Waals surface area contributed by atoms with Crippen molar-refractivity contribution in [3.63, 3.8) is 0 Å². The molecule has 0 spiro atoms. The Balaban J connectivity index is 2.59. The van der Waals surface area contributed by atoms with Crippen molar-refractivity contribution in [3.05, 3.63) is 16.1 Å². The van der Waals surface area contributed by atoms with E-state index in [-0.39, 0.29) is 11.9 Å². The van der Waals surface area contributed by atoms with Gasteiger partial charge in [-0.2, -0.15) is 4.99 Å². The monoisotopic (exact) mass is 212 g/mol. The lowest BCUT2D eigenvalue weighted by Crippen LogP contribution is -2.26. The van der Waals surface area contributed by atoms with E-state index in [2.05, 4.69) is 15.0 Å². The minimum atomic E-state index is -0.0958. The van der Waals surface area contributed by atoms with E-state index in [0.717, 1.165) is 9.88 Å². The first-order valence-electron chi connectivity index (χ1n) is 3.89. The molecule has 0 bridgehead atoms. The van der Waals surface area contributed by atoms with Crippen LogP contribution in [0.4, 0.5) is 0 Å². The molecule has 0 fully saturated rings. The van der Waals surface area contributed by atoms with Gasteiger partial charge in [-0.05, 0) is 6.92 Å². The Kier molecular flexibility index (Phi) is 3.41. The molecule has 0 aliphatic heterocycles. The third-order valence-electron chi connectivity index (χ3n) is 1.29. The van der Waals surface area contributed by atoms with Gasteiger partial charge in [0.2, 0.25) is 5.96 Å². The molecule has 6 nitrogen and oxygen atoms in total. The van der Waals surface area contributed by atoms with Crippen molar-refractivity contribution in [2.45, 2.75) is 13.5 Å².